The molecule has 7 aromatic carbocycles. The molecule has 0 aliphatic carbocycles. The second kappa shape index (κ2) is 13.7. The van der Waals surface area contributed by atoms with Gasteiger partial charge in [0.25, 0.3) is 0 Å². The molecule has 6 nitrogen and oxygen atoms in total. The summed E-state index contributed by atoms with van der Waals surface area (Å²) in [5, 5.41) is 11.1. The maximum Gasteiger partial charge on any atom is 0.165 e. The summed E-state index contributed by atoms with van der Waals surface area (Å²) in [4.78, 5) is 21.4. The minimum Gasteiger partial charge on any atom is -0.276 e. The molecule has 298 valence electrons. The van der Waals surface area contributed by atoms with Crippen molar-refractivity contribution in [2.24, 2.45) is 0 Å². The zero-order valence-corrected chi connectivity index (χ0v) is 35.6. The second-order valence-corrected chi connectivity index (χ2v) is 18.1. The van der Waals surface area contributed by atoms with Gasteiger partial charge in [-0.2, -0.15) is 0 Å². The van der Waals surface area contributed by atoms with Crippen LogP contribution in [0.5, 0.6) is 0 Å². The third-order valence-corrected chi connectivity index (χ3v) is 14.7. The molecule has 0 aliphatic rings. The number of hydrogen-bond donors (Lipinski definition) is 0. The fourth-order valence-electron chi connectivity index (χ4n) is 10.1. The molecule has 0 N–H and O–H groups in total. The molecule has 7 heterocycles. The van der Waals surface area contributed by atoms with E-state index in [2.05, 4.69) is 177 Å². The Labute approximate surface area is 373 Å². The smallest absolute Gasteiger partial charge is 0.165 e. The first-order valence-electron chi connectivity index (χ1n) is 21.3. The number of rotatable bonds is 5. The van der Waals surface area contributed by atoms with Gasteiger partial charge < -0.3 is 0 Å². The minimum absolute atomic E-state index is 0.769. The highest BCUT2D eigenvalue weighted by atomic mass is 32.1. The standard InChI is InChI=1S/C56H32N6S2/c1-3-10-33(11-4-1)34-20-22-36(23-21-34)45-32-59-54-49(60-45)44-18-8-16-41-42-25-24-38(35-12-5-2-6-13-35)48-50-55(58-29-28-57-50)62(52(42)48)56(61(54)51(41)44)47(40-15-9-19-46-39(40)27-31-63-46)43-17-7-14-37-26-30-64-53(37)43/h1-32H/b56-47+. The summed E-state index contributed by atoms with van der Waals surface area (Å²) in [7, 11) is 0. The fraction of sp³-hybridized carbons (Fsp3) is 0. The number of fused-ring (bicyclic) bond motifs is 9. The molecule has 0 spiro atoms. The van der Waals surface area contributed by atoms with Crippen molar-refractivity contribution in [3.8, 4) is 33.5 Å². The number of benzene rings is 7. The zero-order valence-electron chi connectivity index (χ0n) is 34.0. The van der Waals surface area contributed by atoms with Gasteiger partial charge in [0.1, 0.15) is 16.5 Å². The summed E-state index contributed by atoms with van der Waals surface area (Å²) in [6, 6.07) is 58.8. The van der Waals surface area contributed by atoms with Gasteiger partial charge in [-0.05, 0) is 62.2 Å². The summed E-state index contributed by atoms with van der Waals surface area (Å²) < 4.78 is 7.22. The third kappa shape index (κ3) is 5.06. The van der Waals surface area contributed by atoms with Crippen molar-refractivity contribution in [1.82, 2.24) is 28.7 Å². The quantitative estimate of drug-likeness (QED) is 0.173. The highest BCUT2D eigenvalue weighted by molar-refractivity contribution is 7.17. The Kier molecular flexibility index (Phi) is 7.63. The highest BCUT2D eigenvalue weighted by Crippen LogP contribution is 2.43. The number of thiophene rings is 2. The van der Waals surface area contributed by atoms with Gasteiger partial charge in [-0.25, -0.2) is 15.0 Å². The van der Waals surface area contributed by atoms with Crippen LogP contribution in [0.4, 0.5) is 0 Å². The van der Waals surface area contributed by atoms with Gasteiger partial charge in [0.2, 0.25) is 0 Å². The first-order chi connectivity index (χ1) is 31.8. The molecule has 0 bridgehead atoms. The van der Waals surface area contributed by atoms with Crippen molar-refractivity contribution in [3.63, 3.8) is 0 Å². The maximum atomic E-state index is 5.54. The SMILES string of the molecule is c1ccc(-c2ccc(-c3cnc4c(n3)c3cccc5c6ccc(-c7ccccc7)c7c8nccnc8n(/c(=C(\c8cccc9sccc89)c8cccc9ccsc89)n4c53)c67)cc2)cc1. The predicted molar refractivity (Wildman–Crippen MR) is 266 cm³/mol. The predicted octanol–water partition coefficient (Wildman–Crippen LogP) is 13.8. The molecule has 14 rings (SSSR count). The Morgan fingerprint density at radius 3 is 2.02 bits per heavy atom. The Morgan fingerprint density at radius 1 is 0.453 bits per heavy atom. The van der Waals surface area contributed by atoms with Crippen LogP contribution in [0.3, 0.4) is 0 Å². The summed E-state index contributed by atoms with van der Waals surface area (Å²) >= 11 is 3.54. The molecule has 14 aromatic rings. The number of para-hydroxylation sites is 1. The number of nitrogens with zero attached hydrogens (tertiary/aromatic N) is 6. The lowest BCUT2D eigenvalue weighted by molar-refractivity contribution is 0.999. The molecule has 0 fully saturated rings. The lowest BCUT2D eigenvalue weighted by Gasteiger charge is -2.14. The monoisotopic (exact) mass is 852 g/mol. The van der Waals surface area contributed by atoms with E-state index in [1.165, 1.54) is 25.7 Å². The van der Waals surface area contributed by atoms with Crippen LogP contribution in [-0.4, -0.2) is 28.7 Å². The van der Waals surface area contributed by atoms with Gasteiger partial charge in [-0.3, -0.25) is 13.8 Å². The van der Waals surface area contributed by atoms with Crippen LogP contribution in [0.1, 0.15) is 11.1 Å². The summed E-state index contributed by atoms with van der Waals surface area (Å²) in [5.41, 5.74) is 16.0. The second-order valence-electron chi connectivity index (χ2n) is 16.2. The van der Waals surface area contributed by atoms with E-state index in [0.717, 1.165) is 105 Å². The van der Waals surface area contributed by atoms with Crippen LogP contribution in [0, 0.1) is 0 Å². The van der Waals surface area contributed by atoms with Crippen molar-refractivity contribution < 1.29 is 0 Å². The molecular formula is C56H32N6S2. The highest BCUT2D eigenvalue weighted by Gasteiger charge is 2.27. The van der Waals surface area contributed by atoms with Gasteiger partial charge in [-0.1, -0.05) is 146 Å². The molecule has 0 radical (unpaired) electrons. The molecule has 0 aliphatic heterocycles. The summed E-state index contributed by atoms with van der Waals surface area (Å²) in [6.45, 7) is 0. The van der Waals surface area contributed by atoms with Crippen LogP contribution in [0.15, 0.2) is 193 Å². The van der Waals surface area contributed by atoms with E-state index in [1.807, 2.05) is 24.7 Å². The normalized spacial score (nSPS) is 12.6. The lowest BCUT2D eigenvalue weighted by atomic mass is 9.95. The average Bonchev–Trinajstić information content (AvgIpc) is 4.17. The fourth-order valence-corrected chi connectivity index (χ4v) is 11.8. The van der Waals surface area contributed by atoms with E-state index in [-0.39, 0.29) is 0 Å². The number of hydrogen-bond acceptors (Lipinski definition) is 6. The van der Waals surface area contributed by atoms with Crippen LogP contribution in [0.25, 0.3) is 114 Å². The van der Waals surface area contributed by atoms with Crippen LogP contribution < -0.4 is 5.48 Å². The van der Waals surface area contributed by atoms with E-state index in [4.69, 9.17) is 19.9 Å². The van der Waals surface area contributed by atoms with E-state index < -0.39 is 0 Å². The Balaban J connectivity index is 1.25. The van der Waals surface area contributed by atoms with Gasteiger partial charge in [0.05, 0.1) is 22.9 Å². The van der Waals surface area contributed by atoms with Crippen molar-refractivity contribution in [2.75, 3.05) is 0 Å². The maximum absolute atomic E-state index is 5.54. The van der Waals surface area contributed by atoms with Crippen molar-refractivity contribution >= 4 is 103 Å². The van der Waals surface area contributed by atoms with Crippen LogP contribution in [-0.2, 0) is 0 Å². The summed E-state index contributed by atoms with van der Waals surface area (Å²) in [5.74, 6) is 0. The third-order valence-electron chi connectivity index (χ3n) is 12.8. The molecule has 0 saturated heterocycles. The first kappa shape index (κ1) is 35.5. The van der Waals surface area contributed by atoms with Crippen molar-refractivity contribution in [2.45, 2.75) is 0 Å². The molecule has 0 amide bonds. The van der Waals surface area contributed by atoms with Crippen molar-refractivity contribution in [3.05, 3.63) is 210 Å². The zero-order chi connectivity index (χ0) is 41.9. The molecule has 0 atom stereocenters. The molecule has 64 heavy (non-hydrogen) atoms. The van der Waals surface area contributed by atoms with E-state index >= 15 is 0 Å². The van der Waals surface area contributed by atoms with Gasteiger partial charge in [0.15, 0.2) is 11.3 Å². The van der Waals surface area contributed by atoms with E-state index in [9.17, 15) is 0 Å². The van der Waals surface area contributed by atoms with Gasteiger partial charge in [-0.15, -0.1) is 22.7 Å². The molecule has 0 unspecified atom stereocenters. The van der Waals surface area contributed by atoms with Gasteiger partial charge >= 0.3 is 0 Å². The Morgan fingerprint density at radius 2 is 1.14 bits per heavy atom. The first-order valence-corrected chi connectivity index (χ1v) is 23.0. The van der Waals surface area contributed by atoms with Crippen LogP contribution in [0.2, 0.25) is 0 Å². The Hall–Kier alpha value is -8.04. The minimum atomic E-state index is 0.769. The Bertz CT molecular complexity index is 4160. The van der Waals surface area contributed by atoms with Crippen molar-refractivity contribution in [1.29, 1.82) is 0 Å². The molecular weight excluding hydrogens is 821 g/mol. The lowest BCUT2D eigenvalue weighted by Crippen LogP contribution is -2.25. The van der Waals surface area contributed by atoms with Gasteiger partial charge in [0, 0.05) is 65.4 Å². The van der Waals surface area contributed by atoms with E-state index in [1.54, 1.807) is 22.7 Å². The van der Waals surface area contributed by atoms with Crippen LogP contribution >= 0.6 is 22.7 Å². The summed E-state index contributed by atoms with van der Waals surface area (Å²) in [6.07, 6.45) is 5.58. The topological polar surface area (TPSA) is 60.4 Å². The molecule has 0 saturated carbocycles. The number of aromatic nitrogens is 6. The average molecular weight is 853 g/mol. The molecule has 7 aromatic heterocycles. The van der Waals surface area contributed by atoms with E-state index in [0.29, 0.717) is 0 Å². The molecule has 8 heteroatoms. The largest absolute Gasteiger partial charge is 0.276 e.